The van der Waals surface area contributed by atoms with Gasteiger partial charge in [-0.05, 0) is 24.3 Å². The summed E-state index contributed by atoms with van der Waals surface area (Å²) in [5.74, 6) is 0.0133. The van der Waals surface area contributed by atoms with Crippen molar-refractivity contribution in [3.63, 3.8) is 0 Å². The Morgan fingerprint density at radius 3 is 2.83 bits per heavy atom. The molecule has 0 bridgehead atoms. The van der Waals surface area contributed by atoms with Crippen molar-refractivity contribution < 1.29 is 18.5 Å². The van der Waals surface area contributed by atoms with Gasteiger partial charge in [0.1, 0.15) is 35.1 Å². The fourth-order valence-corrected chi connectivity index (χ4v) is 5.10. The number of hydrogen-bond acceptors (Lipinski definition) is 5. The molecule has 2 aromatic carbocycles. The first kappa shape index (κ1) is 20.7. The topological polar surface area (TPSA) is 124 Å². The minimum atomic E-state index is -1.68. The van der Waals surface area contributed by atoms with Crippen LogP contribution < -0.4 is 16.2 Å². The van der Waals surface area contributed by atoms with E-state index >= 15 is 0 Å². The molecule has 0 radical (unpaired) electrons. The number of para-hydroxylation sites is 1. The second kappa shape index (κ2) is 8.65. The van der Waals surface area contributed by atoms with E-state index in [1.807, 2.05) is 30.3 Å². The van der Waals surface area contributed by atoms with Crippen molar-refractivity contribution in [3.8, 4) is 5.75 Å². The van der Waals surface area contributed by atoms with Crippen molar-refractivity contribution in [2.75, 3.05) is 32.0 Å². The maximum absolute atomic E-state index is 13.5. The Hall–Kier alpha value is -2.59. The Kier molecular flexibility index (Phi) is 5.96. The van der Waals surface area contributed by atoms with Gasteiger partial charge in [-0.1, -0.05) is 29.8 Å². The molecule has 0 aliphatic carbocycles. The number of H-pyrrole nitrogens is 1. The van der Waals surface area contributed by atoms with Crippen LogP contribution in [0.15, 0.2) is 47.4 Å². The minimum absolute atomic E-state index is 0.0564. The first-order chi connectivity index (χ1) is 14.4. The van der Waals surface area contributed by atoms with Gasteiger partial charge in [0.25, 0.3) is 5.91 Å². The van der Waals surface area contributed by atoms with E-state index in [9.17, 15) is 9.00 Å². The molecule has 0 saturated carbocycles. The third-order valence-corrected chi connectivity index (χ3v) is 6.58. The highest BCUT2D eigenvalue weighted by Crippen LogP contribution is 2.33. The van der Waals surface area contributed by atoms with E-state index in [1.165, 1.54) is 0 Å². The monoisotopic (exact) mass is 448 g/mol. The number of nitrogens with one attached hydrogen (secondary N) is 1. The summed E-state index contributed by atoms with van der Waals surface area (Å²) in [5, 5.41) is 0.889. The summed E-state index contributed by atoms with van der Waals surface area (Å²) in [6, 6.07) is 12.6. The van der Waals surface area contributed by atoms with Gasteiger partial charge in [-0.3, -0.25) is 4.79 Å². The van der Waals surface area contributed by atoms with Gasteiger partial charge in [0.05, 0.1) is 22.7 Å². The molecule has 1 aliphatic heterocycles. The zero-order chi connectivity index (χ0) is 21.3. The van der Waals surface area contributed by atoms with Gasteiger partial charge >= 0.3 is 0 Å². The maximum Gasteiger partial charge on any atom is 0.266 e. The Labute approximate surface area is 180 Å². The third kappa shape index (κ3) is 4.15. The molecule has 1 aliphatic rings. The van der Waals surface area contributed by atoms with Crippen molar-refractivity contribution in [2.45, 2.75) is 11.0 Å². The third-order valence-electron chi connectivity index (χ3n) is 4.79. The lowest BCUT2D eigenvalue weighted by Gasteiger charge is -2.31. The van der Waals surface area contributed by atoms with Gasteiger partial charge in [-0.15, -0.1) is 0 Å². The average Bonchev–Trinajstić information content (AvgIpc) is 3.13. The first-order valence-electron chi connectivity index (χ1n) is 9.31. The summed E-state index contributed by atoms with van der Waals surface area (Å²) < 4.78 is 26.7. The number of nitrogen functional groups attached to an aromatic ring is 1. The van der Waals surface area contributed by atoms with Gasteiger partial charge in [0, 0.05) is 23.5 Å². The lowest BCUT2D eigenvalue weighted by Crippen LogP contribution is -2.45. The number of nitrogens with two attached hydrogens (primary N) is 2. The predicted octanol–water partition coefficient (Wildman–Crippen LogP) is 2.30. The van der Waals surface area contributed by atoms with Crippen LogP contribution in [0.5, 0.6) is 5.75 Å². The largest absolute Gasteiger partial charge is 0.491 e. The number of amides is 1. The van der Waals surface area contributed by atoms with Gasteiger partial charge in [0.2, 0.25) is 0 Å². The van der Waals surface area contributed by atoms with Crippen LogP contribution in [-0.4, -0.2) is 51.8 Å². The van der Waals surface area contributed by atoms with Crippen LogP contribution in [0.1, 0.15) is 10.5 Å². The second-order valence-electron chi connectivity index (χ2n) is 6.86. The van der Waals surface area contributed by atoms with Crippen molar-refractivity contribution in [3.05, 3.63) is 53.2 Å². The molecule has 5 N–H and O–H groups in total. The number of benzene rings is 2. The molecule has 30 heavy (non-hydrogen) atoms. The summed E-state index contributed by atoms with van der Waals surface area (Å²) in [7, 11) is -1.68. The Balaban J connectivity index is 1.58. The molecule has 158 valence electrons. The highest BCUT2D eigenvalue weighted by molar-refractivity contribution is 7.83. The normalized spacial score (nSPS) is 18.4. The Morgan fingerprint density at radius 2 is 2.10 bits per heavy atom. The highest BCUT2D eigenvalue weighted by Gasteiger charge is 2.30. The second-order valence-corrected chi connectivity index (χ2v) is 8.72. The number of halogens is 1. The minimum Gasteiger partial charge on any atom is -0.491 e. The zero-order valence-corrected chi connectivity index (χ0v) is 17.5. The van der Waals surface area contributed by atoms with E-state index in [2.05, 4.69) is 4.98 Å². The van der Waals surface area contributed by atoms with Crippen molar-refractivity contribution in [1.29, 1.82) is 0 Å². The van der Waals surface area contributed by atoms with E-state index in [1.54, 1.807) is 16.4 Å². The van der Waals surface area contributed by atoms with Gasteiger partial charge in [-0.2, -0.15) is 0 Å². The molecule has 2 heterocycles. The molecule has 1 amide bonds. The molecule has 1 unspecified atom stereocenters. The Bertz CT molecular complexity index is 1110. The average molecular weight is 449 g/mol. The molecule has 2 atom stereocenters. The van der Waals surface area contributed by atoms with Crippen molar-refractivity contribution >= 4 is 45.1 Å². The summed E-state index contributed by atoms with van der Waals surface area (Å²) >= 11 is 6.14. The lowest BCUT2D eigenvalue weighted by molar-refractivity contribution is -0.0237. The number of rotatable bonds is 6. The molecule has 0 spiro atoms. The van der Waals surface area contributed by atoms with E-state index in [4.69, 9.17) is 32.5 Å². The summed E-state index contributed by atoms with van der Waals surface area (Å²) in [5.41, 5.74) is 12.4. The van der Waals surface area contributed by atoms with Crippen LogP contribution in [-0.2, 0) is 15.7 Å². The number of fused-ring (bicyclic) bond motifs is 1. The predicted molar refractivity (Wildman–Crippen MR) is 116 cm³/mol. The van der Waals surface area contributed by atoms with Gasteiger partial charge < -0.3 is 25.9 Å². The number of ether oxygens (including phenoxy) is 2. The number of hydrogen-bond donors (Lipinski definition) is 3. The number of nitrogens with zero attached hydrogens (tertiary/aromatic N) is 1. The molecule has 1 aromatic heterocycles. The SMILES string of the molecule is NC(=O)c1[nH]c2c(N)cc(Cl)cc2c1S(=O)N1CCO[C@H](COc2ccccc2)C1. The molecule has 1 saturated heterocycles. The van der Waals surface area contributed by atoms with Crippen LogP contribution in [0, 0.1) is 0 Å². The fraction of sp³-hybridized carbons (Fsp3) is 0.250. The van der Waals surface area contributed by atoms with Crippen LogP contribution in [0.25, 0.3) is 10.9 Å². The lowest BCUT2D eigenvalue weighted by atomic mass is 10.2. The first-order valence-corrected chi connectivity index (χ1v) is 10.8. The number of carbonyl (C=O) groups excluding carboxylic acids is 1. The molecule has 3 aromatic rings. The highest BCUT2D eigenvalue weighted by atomic mass is 35.5. The fourth-order valence-electron chi connectivity index (χ4n) is 3.40. The molecule has 8 nitrogen and oxygen atoms in total. The zero-order valence-electron chi connectivity index (χ0n) is 16.0. The molecular formula is C20H21ClN4O4S. The maximum atomic E-state index is 13.5. The molecular weight excluding hydrogens is 428 g/mol. The van der Waals surface area contributed by atoms with Gasteiger partial charge in [-0.25, -0.2) is 8.51 Å². The number of anilines is 1. The number of carbonyl (C=O) groups is 1. The van der Waals surface area contributed by atoms with E-state index < -0.39 is 16.9 Å². The summed E-state index contributed by atoms with van der Waals surface area (Å²) in [4.78, 5) is 15.2. The van der Waals surface area contributed by atoms with Crippen LogP contribution in [0.3, 0.4) is 0 Å². The van der Waals surface area contributed by atoms with E-state index in [0.717, 1.165) is 5.75 Å². The van der Waals surface area contributed by atoms with Crippen LogP contribution >= 0.6 is 11.6 Å². The van der Waals surface area contributed by atoms with Crippen LogP contribution in [0.4, 0.5) is 5.69 Å². The Morgan fingerprint density at radius 1 is 1.33 bits per heavy atom. The molecule has 10 heteroatoms. The number of aromatic nitrogens is 1. The molecule has 4 rings (SSSR count). The quantitative estimate of drug-likeness (QED) is 0.499. The molecule has 1 fully saturated rings. The number of morpholine rings is 1. The van der Waals surface area contributed by atoms with E-state index in [0.29, 0.717) is 47.9 Å². The number of primary amides is 1. The van der Waals surface area contributed by atoms with Crippen molar-refractivity contribution in [1.82, 2.24) is 9.29 Å². The van der Waals surface area contributed by atoms with Crippen LogP contribution in [0.2, 0.25) is 5.02 Å². The van der Waals surface area contributed by atoms with E-state index in [-0.39, 0.29) is 16.7 Å². The number of aromatic amines is 1. The summed E-state index contributed by atoms with van der Waals surface area (Å²) in [6.45, 7) is 1.48. The standard InChI is InChI=1S/C20H21ClN4O4S/c21-12-8-15-17(16(22)9-12)24-18(20(23)26)19(15)30(27)25-6-7-28-14(10-25)11-29-13-4-2-1-3-5-13/h1-5,8-9,14,24H,6-7,10-11,22H2,(H2,23,26)/t14-,30?/m0/s1. The summed E-state index contributed by atoms with van der Waals surface area (Å²) in [6.07, 6.45) is -0.279. The van der Waals surface area contributed by atoms with Crippen molar-refractivity contribution in [2.24, 2.45) is 5.73 Å². The van der Waals surface area contributed by atoms with Gasteiger partial charge in [0.15, 0.2) is 0 Å². The smallest absolute Gasteiger partial charge is 0.266 e.